The van der Waals surface area contributed by atoms with Gasteiger partial charge in [-0.25, -0.2) is 13.1 Å². The average Bonchev–Trinajstić information content (AvgIpc) is 1.84. The zero-order valence-corrected chi connectivity index (χ0v) is 6.61. The molecule has 0 aromatic carbocycles. The van der Waals surface area contributed by atoms with Crippen molar-refractivity contribution in [1.82, 2.24) is 4.72 Å². The Bertz CT molecular complexity index is 201. The van der Waals surface area contributed by atoms with Gasteiger partial charge in [-0.2, -0.15) is 8.78 Å². The molecule has 0 aromatic heterocycles. The first-order valence-corrected chi connectivity index (χ1v) is 4.35. The lowest BCUT2D eigenvalue weighted by molar-refractivity contribution is 0.194. The van der Waals surface area contributed by atoms with Crippen LogP contribution in [0.2, 0.25) is 0 Å². The smallest absolute Gasteiger partial charge is 0.350 e. The van der Waals surface area contributed by atoms with Gasteiger partial charge in [-0.05, 0) is 6.92 Å². The van der Waals surface area contributed by atoms with Gasteiger partial charge in [-0.15, -0.1) is 0 Å². The second-order valence-electron chi connectivity index (χ2n) is 2.00. The van der Waals surface area contributed by atoms with E-state index in [-0.39, 0.29) is 0 Å². The van der Waals surface area contributed by atoms with Crippen LogP contribution in [0.4, 0.5) is 8.78 Å². The van der Waals surface area contributed by atoms with E-state index in [2.05, 4.69) is 0 Å². The van der Waals surface area contributed by atoms with Crippen LogP contribution in [-0.2, 0) is 10.0 Å². The van der Waals surface area contributed by atoms with Gasteiger partial charge in [0.05, 0.1) is 6.10 Å². The molecule has 0 aliphatic rings. The van der Waals surface area contributed by atoms with Gasteiger partial charge < -0.3 is 5.11 Å². The molecule has 0 saturated carbocycles. The van der Waals surface area contributed by atoms with Crippen LogP contribution in [-0.4, -0.2) is 31.9 Å². The molecule has 11 heavy (non-hydrogen) atoms. The van der Waals surface area contributed by atoms with Crippen molar-refractivity contribution >= 4 is 10.0 Å². The summed E-state index contributed by atoms with van der Waals surface area (Å²) >= 11 is 0. The maximum absolute atomic E-state index is 11.5. The molecule has 4 nitrogen and oxygen atoms in total. The standard InChI is InChI=1S/C4H9F2NO3S/c1-3(8)2-7-11(9,10)4(5)6/h3-4,7-8H,2H2,1H3/t3-/m1/s1. The summed E-state index contributed by atoms with van der Waals surface area (Å²) in [5.41, 5.74) is 0. The van der Waals surface area contributed by atoms with Gasteiger partial charge in [0.1, 0.15) is 0 Å². The summed E-state index contributed by atoms with van der Waals surface area (Å²) in [6.07, 6.45) is -0.969. The van der Waals surface area contributed by atoms with Gasteiger partial charge in [-0.1, -0.05) is 0 Å². The largest absolute Gasteiger partial charge is 0.392 e. The minimum Gasteiger partial charge on any atom is -0.392 e. The van der Waals surface area contributed by atoms with Crippen molar-refractivity contribution in [2.24, 2.45) is 0 Å². The molecule has 0 aliphatic heterocycles. The van der Waals surface area contributed by atoms with Crippen LogP contribution in [0, 0.1) is 0 Å². The molecule has 0 bridgehead atoms. The van der Waals surface area contributed by atoms with Gasteiger partial charge in [-0.3, -0.25) is 0 Å². The topological polar surface area (TPSA) is 66.4 Å². The molecule has 0 fully saturated rings. The summed E-state index contributed by atoms with van der Waals surface area (Å²) < 4.78 is 45.1. The van der Waals surface area contributed by atoms with E-state index in [1.165, 1.54) is 11.6 Å². The Kier molecular flexibility index (Phi) is 3.84. The Hall–Kier alpha value is -0.270. The van der Waals surface area contributed by atoms with Crippen molar-refractivity contribution < 1.29 is 22.3 Å². The highest BCUT2D eigenvalue weighted by atomic mass is 32.2. The van der Waals surface area contributed by atoms with Crippen LogP contribution in [0.25, 0.3) is 0 Å². The van der Waals surface area contributed by atoms with Gasteiger partial charge in [0.15, 0.2) is 0 Å². The van der Waals surface area contributed by atoms with Crippen LogP contribution in [0.5, 0.6) is 0 Å². The van der Waals surface area contributed by atoms with Crippen molar-refractivity contribution in [3.05, 3.63) is 0 Å². The molecule has 0 spiro atoms. The van der Waals surface area contributed by atoms with E-state index >= 15 is 0 Å². The number of alkyl halides is 2. The predicted octanol–water partition coefficient (Wildman–Crippen LogP) is -0.491. The van der Waals surface area contributed by atoms with Gasteiger partial charge >= 0.3 is 5.76 Å². The third-order valence-electron chi connectivity index (χ3n) is 0.814. The third-order valence-corrected chi connectivity index (χ3v) is 1.85. The number of rotatable bonds is 4. The van der Waals surface area contributed by atoms with E-state index in [9.17, 15) is 17.2 Å². The lowest BCUT2D eigenvalue weighted by Crippen LogP contribution is -2.34. The number of aliphatic hydroxyl groups excluding tert-OH is 1. The molecule has 0 aliphatic carbocycles. The predicted molar refractivity (Wildman–Crippen MR) is 34.6 cm³/mol. The lowest BCUT2D eigenvalue weighted by Gasteiger charge is -2.06. The summed E-state index contributed by atoms with van der Waals surface area (Å²) in [5.74, 6) is -3.44. The maximum Gasteiger partial charge on any atom is 0.350 e. The Morgan fingerprint density at radius 1 is 1.55 bits per heavy atom. The van der Waals surface area contributed by atoms with E-state index in [0.29, 0.717) is 0 Å². The van der Waals surface area contributed by atoms with E-state index in [1.807, 2.05) is 0 Å². The molecule has 0 aromatic rings. The van der Waals surface area contributed by atoms with E-state index in [1.54, 1.807) is 0 Å². The summed E-state index contributed by atoms with van der Waals surface area (Å²) in [5, 5.41) is 8.53. The number of aliphatic hydroxyl groups is 1. The highest BCUT2D eigenvalue weighted by Gasteiger charge is 2.23. The first kappa shape index (κ1) is 10.7. The third kappa shape index (κ3) is 4.23. The molecule has 68 valence electrons. The zero-order chi connectivity index (χ0) is 9.07. The number of nitrogens with one attached hydrogen (secondary N) is 1. The summed E-state index contributed by atoms with van der Waals surface area (Å²) in [6, 6.07) is 0. The summed E-state index contributed by atoms with van der Waals surface area (Å²) in [6.45, 7) is 0.890. The Labute approximate surface area is 63.3 Å². The second-order valence-corrected chi connectivity index (χ2v) is 3.74. The molecule has 0 rings (SSSR count). The SMILES string of the molecule is C[C@@H](O)CNS(=O)(=O)C(F)F. The van der Waals surface area contributed by atoms with Crippen LogP contribution in [0.15, 0.2) is 0 Å². The molecule has 0 radical (unpaired) electrons. The summed E-state index contributed by atoms with van der Waals surface area (Å²) in [4.78, 5) is 0. The minimum atomic E-state index is -4.54. The molecular weight excluding hydrogens is 180 g/mol. The lowest BCUT2D eigenvalue weighted by atomic mass is 10.4. The van der Waals surface area contributed by atoms with Crippen molar-refractivity contribution in [2.45, 2.75) is 18.8 Å². The van der Waals surface area contributed by atoms with Crippen molar-refractivity contribution in [3.8, 4) is 0 Å². The number of hydrogen-bond donors (Lipinski definition) is 2. The number of hydrogen-bond acceptors (Lipinski definition) is 3. The Morgan fingerprint density at radius 3 is 2.27 bits per heavy atom. The summed E-state index contributed by atoms with van der Waals surface area (Å²) in [7, 11) is -4.54. The van der Waals surface area contributed by atoms with Crippen LogP contribution >= 0.6 is 0 Å². The fraction of sp³-hybridized carbons (Fsp3) is 1.00. The molecule has 0 saturated heterocycles. The highest BCUT2D eigenvalue weighted by molar-refractivity contribution is 7.89. The van der Waals surface area contributed by atoms with Crippen molar-refractivity contribution in [2.75, 3.05) is 6.54 Å². The molecule has 0 amide bonds. The molecular formula is C4H9F2NO3S. The first-order valence-electron chi connectivity index (χ1n) is 2.81. The monoisotopic (exact) mass is 189 g/mol. The van der Waals surface area contributed by atoms with Gasteiger partial charge in [0, 0.05) is 6.54 Å². The van der Waals surface area contributed by atoms with E-state index in [4.69, 9.17) is 5.11 Å². The quantitative estimate of drug-likeness (QED) is 0.627. The first-order chi connectivity index (χ1) is 4.86. The van der Waals surface area contributed by atoms with Crippen molar-refractivity contribution in [3.63, 3.8) is 0 Å². The second kappa shape index (κ2) is 3.93. The van der Waals surface area contributed by atoms with E-state index < -0.39 is 28.4 Å². The van der Waals surface area contributed by atoms with Gasteiger partial charge in [0.25, 0.3) is 10.0 Å². The fourth-order valence-corrected chi connectivity index (χ4v) is 0.899. The molecule has 2 N–H and O–H groups in total. The number of halogens is 2. The highest BCUT2D eigenvalue weighted by Crippen LogP contribution is 2.00. The normalized spacial score (nSPS) is 15.4. The van der Waals surface area contributed by atoms with Crippen LogP contribution in [0.1, 0.15) is 6.92 Å². The van der Waals surface area contributed by atoms with Crippen LogP contribution in [0.3, 0.4) is 0 Å². The van der Waals surface area contributed by atoms with Crippen molar-refractivity contribution in [1.29, 1.82) is 0 Å². The number of sulfonamides is 1. The maximum atomic E-state index is 11.5. The molecule has 0 heterocycles. The average molecular weight is 189 g/mol. The molecule has 1 atom stereocenters. The minimum absolute atomic E-state index is 0.396. The Morgan fingerprint density at radius 2 is 2.00 bits per heavy atom. The molecule has 7 heteroatoms. The van der Waals surface area contributed by atoms with Gasteiger partial charge in [0.2, 0.25) is 0 Å². The zero-order valence-electron chi connectivity index (χ0n) is 5.79. The molecule has 0 unspecified atom stereocenters. The van der Waals surface area contributed by atoms with E-state index in [0.717, 1.165) is 0 Å². The van der Waals surface area contributed by atoms with Crippen LogP contribution < -0.4 is 4.72 Å². The Balaban J connectivity index is 3.95. The fourth-order valence-electron chi connectivity index (χ4n) is 0.300.